The van der Waals surface area contributed by atoms with Crippen LogP contribution in [-0.2, 0) is 17.9 Å². The van der Waals surface area contributed by atoms with Crippen molar-refractivity contribution < 1.29 is 4.79 Å². The number of hydrogen-bond acceptors (Lipinski definition) is 3. The van der Waals surface area contributed by atoms with Crippen LogP contribution in [0, 0.1) is 0 Å². The average Bonchev–Trinajstić information content (AvgIpc) is 3.28. The molecule has 4 aromatic rings. The van der Waals surface area contributed by atoms with Crippen LogP contribution in [0.3, 0.4) is 0 Å². The van der Waals surface area contributed by atoms with E-state index >= 15 is 0 Å². The zero-order valence-corrected chi connectivity index (χ0v) is 15.5. The van der Waals surface area contributed by atoms with Crippen molar-refractivity contribution in [3.63, 3.8) is 0 Å². The molecule has 27 heavy (non-hydrogen) atoms. The van der Waals surface area contributed by atoms with E-state index in [1.807, 2.05) is 46.6 Å². The fourth-order valence-corrected chi connectivity index (χ4v) is 3.11. The van der Waals surface area contributed by atoms with Gasteiger partial charge in [0.25, 0.3) is 0 Å². The minimum absolute atomic E-state index is 0.135. The molecule has 136 valence electrons. The molecular weight excluding hydrogens is 362 g/mol. The molecule has 2 heterocycles. The van der Waals surface area contributed by atoms with Crippen LogP contribution >= 0.6 is 11.6 Å². The van der Waals surface area contributed by atoms with Crippen molar-refractivity contribution in [3.05, 3.63) is 65.9 Å². The minimum atomic E-state index is -0.135. The van der Waals surface area contributed by atoms with Crippen molar-refractivity contribution in [1.82, 2.24) is 19.3 Å². The Bertz CT molecular complexity index is 1100. The smallest absolute Gasteiger partial charge is 0.244 e. The second kappa shape index (κ2) is 7.25. The molecule has 6 nitrogen and oxygen atoms in total. The lowest BCUT2D eigenvalue weighted by Crippen LogP contribution is -2.19. The van der Waals surface area contributed by atoms with Crippen LogP contribution in [0.5, 0.6) is 0 Å². The van der Waals surface area contributed by atoms with Crippen LogP contribution in [0.1, 0.15) is 6.92 Å². The summed E-state index contributed by atoms with van der Waals surface area (Å²) in [6.45, 7) is 2.95. The first kappa shape index (κ1) is 17.3. The summed E-state index contributed by atoms with van der Waals surface area (Å²) in [6, 6.07) is 14.8. The normalized spacial score (nSPS) is 11.0. The van der Waals surface area contributed by atoms with Crippen molar-refractivity contribution >= 4 is 34.2 Å². The number of carbonyl (C=O) groups is 1. The Morgan fingerprint density at radius 2 is 1.93 bits per heavy atom. The molecule has 7 heteroatoms. The third-order valence-electron chi connectivity index (χ3n) is 4.30. The van der Waals surface area contributed by atoms with Gasteiger partial charge in [-0.15, -0.1) is 0 Å². The average molecular weight is 380 g/mol. The van der Waals surface area contributed by atoms with Crippen molar-refractivity contribution in [3.8, 4) is 11.4 Å². The van der Waals surface area contributed by atoms with Gasteiger partial charge < -0.3 is 9.88 Å². The first-order chi connectivity index (χ1) is 13.1. The molecule has 0 atom stereocenters. The first-order valence-electron chi connectivity index (χ1n) is 8.67. The third kappa shape index (κ3) is 3.57. The molecule has 0 fully saturated rings. The Hall–Kier alpha value is -3.12. The van der Waals surface area contributed by atoms with Crippen LogP contribution in [0.25, 0.3) is 22.4 Å². The highest BCUT2D eigenvalue weighted by atomic mass is 35.5. The number of halogens is 1. The van der Waals surface area contributed by atoms with E-state index in [2.05, 4.69) is 10.4 Å². The van der Waals surface area contributed by atoms with Gasteiger partial charge in [0.05, 0.1) is 22.8 Å². The van der Waals surface area contributed by atoms with Crippen molar-refractivity contribution in [2.24, 2.45) is 0 Å². The zero-order chi connectivity index (χ0) is 18.8. The predicted octanol–water partition coefficient (Wildman–Crippen LogP) is 4.21. The van der Waals surface area contributed by atoms with Gasteiger partial charge in [-0.25, -0.2) is 4.98 Å². The van der Waals surface area contributed by atoms with Crippen LogP contribution in [0.4, 0.5) is 5.69 Å². The van der Waals surface area contributed by atoms with Gasteiger partial charge in [0.2, 0.25) is 5.91 Å². The topological polar surface area (TPSA) is 64.7 Å². The summed E-state index contributed by atoms with van der Waals surface area (Å²) in [6.07, 6.45) is 3.72. The van der Waals surface area contributed by atoms with Crippen LogP contribution < -0.4 is 5.32 Å². The zero-order valence-electron chi connectivity index (χ0n) is 14.8. The Morgan fingerprint density at radius 3 is 2.67 bits per heavy atom. The predicted molar refractivity (Wildman–Crippen MR) is 107 cm³/mol. The number of imidazole rings is 1. The lowest BCUT2D eigenvalue weighted by Gasteiger charge is -2.09. The standard InChI is InChI=1S/C20H18ClN5O/c1-2-25-12-14(11-22-25)20-24-17-5-3-4-6-18(17)26(20)13-19(27)23-16-9-7-15(21)8-10-16/h3-12H,2,13H2,1H3,(H,23,27). The number of carbonyl (C=O) groups excluding carboxylic acids is 1. The second-order valence-electron chi connectivity index (χ2n) is 6.15. The fraction of sp³-hybridized carbons (Fsp3) is 0.150. The van der Waals surface area contributed by atoms with E-state index in [0.717, 1.165) is 29.0 Å². The van der Waals surface area contributed by atoms with E-state index in [9.17, 15) is 4.79 Å². The molecule has 0 spiro atoms. The van der Waals surface area contributed by atoms with Gasteiger partial charge >= 0.3 is 0 Å². The van der Waals surface area contributed by atoms with E-state index in [1.54, 1.807) is 30.5 Å². The molecule has 0 unspecified atom stereocenters. The minimum Gasteiger partial charge on any atom is -0.325 e. The number of aryl methyl sites for hydroxylation is 1. The highest BCUT2D eigenvalue weighted by Crippen LogP contribution is 2.24. The highest BCUT2D eigenvalue weighted by Gasteiger charge is 2.16. The molecule has 0 saturated heterocycles. The van der Waals surface area contributed by atoms with E-state index in [4.69, 9.17) is 16.6 Å². The van der Waals surface area contributed by atoms with Gasteiger partial charge in [-0.05, 0) is 43.3 Å². The molecule has 2 aromatic heterocycles. The van der Waals surface area contributed by atoms with E-state index in [0.29, 0.717) is 10.7 Å². The molecule has 1 amide bonds. The Kier molecular flexibility index (Phi) is 4.64. The summed E-state index contributed by atoms with van der Waals surface area (Å²) in [4.78, 5) is 17.4. The Balaban J connectivity index is 1.68. The number of aromatic nitrogens is 4. The maximum Gasteiger partial charge on any atom is 0.244 e. The van der Waals surface area contributed by atoms with Gasteiger partial charge in [-0.2, -0.15) is 5.10 Å². The van der Waals surface area contributed by atoms with Crippen LogP contribution in [0.15, 0.2) is 60.9 Å². The number of rotatable bonds is 5. The van der Waals surface area contributed by atoms with Crippen LogP contribution in [-0.4, -0.2) is 25.2 Å². The van der Waals surface area contributed by atoms with Crippen molar-refractivity contribution in [1.29, 1.82) is 0 Å². The summed E-state index contributed by atoms with van der Waals surface area (Å²) >= 11 is 5.90. The Labute approximate surface area is 161 Å². The fourth-order valence-electron chi connectivity index (χ4n) is 2.99. The highest BCUT2D eigenvalue weighted by molar-refractivity contribution is 6.30. The van der Waals surface area contributed by atoms with E-state index < -0.39 is 0 Å². The molecule has 1 N–H and O–H groups in total. The molecule has 0 aliphatic heterocycles. The Morgan fingerprint density at radius 1 is 1.15 bits per heavy atom. The molecule has 2 aromatic carbocycles. The van der Waals surface area contributed by atoms with E-state index in [-0.39, 0.29) is 12.5 Å². The number of benzene rings is 2. The van der Waals surface area contributed by atoms with E-state index in [1.165, 1.54) is 0 Å². The summed E-state index contributed by atoms with van der Waals surface area (Å²) in [7, 11) is 0. The van der Waals surface area contributed by atoms with Crippen molar-refractivity contribution in [2.75, 3.05) is 5.32 Å². The van der Waals surface area contributed by atoms with Gasteiger partial charge in [-0.1, -0.05) is 23.7 Å². The van der Waals surface area contributed by atoms with Gasteiger partial charge in [0, 0.05) is 23.5 Å². The SMILES string of the molecule is CCn1cc(-c2nc3ccccc3n2CC(=O)Nc2ccc(Cl)cc2)cn1. The lowest BCUT2D eigenvalue weighted by molar-refractivity contribution is -0.116. The molecule has 4 rings (SSSR count). The maximum absolute atomic E-state index is 12.6. The number of anilines is 1. The molecule has 0 aliphatic carbocycles. The molecule has 0 bridgehead atoms. The largest absolute Gasteiger partial charge is 0.325 e. The molecule has 0 aliphatic rings. The quantitative estimate of drug-likeness (QED) is 0.564. The first-order valence-corrected chi connectivity index (χ1v) is 9.05. The number of fused-ring (bicyclic) bond motifs is 1. The molecular formula is C20H18ClN5O. The van der Waals surface area contributed by atoms with Gasteiger partial charge in [0.1, 0.15) is 12.4 Å². The summed E-state index contributed by atoms with van der Waals surface area (Å²) in [5.41, 5.74) is 3.33. The number of para-hydroxylation sites is 2. The number of nitrogens with one attached hydrogen (secondary N) is 1. The summed E-state index contributed by atoms with van der Waals surface area (Å²) in [5.74, 6) is 0.590. The third-order valence-corrected chi connectivity index (χ3v) is 4.55. The van der Waals surface area contributed by atoms with Crippen molar-refractivity contribution in [2.45, 2.75) is 20.0 Å². The molecule has 0 saturated carbocycles. The monoisotopic (exact) mass is 379 g/mol. The number of nitrogens with zero attached hydrogens (tertiary/aromatic N) is 4. The number of hydrogen-bond donors (Lipinski definition) is 1. The summed E-state index contributed by atoms with van der Waals surface area (Å²) < 4.78 is 3.75. The second-order valence-corrected chi connectivity index (χ2v) is 6.59. The molecule has 0 radical (unpaired) electrons. The number of amides is 1. The van der Waals surface area contributed by atoms with Gasteiger partial charge in [-0.3, -0.25) is 9.48 Å². The van der Waals surface area contributed by atoms with Crippen LogP contribution in [0.2, 0.25) is 5.02 Å². The van der Waals surface area contributed by atoms with Gasteiger partial charge in [0.15, 0.2) is 0 Å². The maximum atomic E-state index is 12.6. The lowest BCUT2D eigenvalue weighted by atomic mass is 10.3. The summed E-state index contributed by atoms with van der Waals surface area (Å²) in [5, 5.41) is 7.86.